The summed E-state index contributed by atoms with van der Waals surface area (Å²) in [5.41, 5.74) is 2.32. The fourth-order valence-corrected chi connectivity index (χ4v) is 2.56. The normalized spacial score (nSPS) is 10.2. The standard InChI is InChI=1S/C22H20N4O2/c1-3-12-23-22(28)19-14-20(24-18-11-7-10-17(13-18)15(2)27)26-21(25-19)16-8-5-4-6-9-16/h3-11,13-14H,1,12H2,2H3,(H,23,28)(H,24,25,26). The summed E-state index contributed by atoms with van der Waals surface area (Å²) in [6.07, 6.45) is 1.60. The summed E-state index contributed by atoms with van der Waals surface area (Å²) >= 11 is 0. The first kappa shape index (κ1) is 19.0. The Bertz CT molecular complexity index is 1020. The number of carbonyl (C=O) groups excluding carboxylic acids is 2. The van der Waals surface area contributed by atoms with Gasteiger partial charge in [-0.1, -0.05) is 48.5 Å². The third-order valence-electron chi connectivity index (χ3n) is 3.94. The molecule has 0 aliphatic carbocycles. The molecule has 0 unspecified atom stereocenters. The molecular weight excluding hydrogens is 352 g/mol. The summed E-state index contributed by atoms with van der Waals surface area (Å²) < 4.78 is 0. The topological polar surface area (TPSA) is 84.0 Å². The Kier molecular flexibility index (Phi) is 5.91. The highest BCUT2D eigenvalue weighted by atomic mass is 16.1. The second-order valence-corrected chi connectivity index (χ2v) is 6.09. The van der Waals surface area contributed by atoms with Crippen molar-refractivity contribution in [3.8, 4) is 11.4 Å². The fourth-order valence-electron chi connectivity index (χ4n) is 2.56. The zero-order chi connectivity index (χ0) is 19.9. The van der Waals surface area contributed by atoms with E-state index in [1.54, 1.807) is 30.3 Å². The zero-order valence-electron chi connectivity index (χ0n) is 15.5. The van der Waals surface area contributed by atoms with Crippen LogP contribution in [0, 0.1) is 0 Å². The second kappa shape index (κ2) is 8.73. The van der Waals surface area contributed by atoms with Gasteiger partial charge in [-0.15, -0.1) is 6.58 Å². The molecular formula is C22H20N4O2. The molecule has 0 spiro atoms. The minimum absolute atomic E-state index is 0.0270. The number of nitrogens with one attached hydrogen (secondary N) is 2. The minimum Gasteiger partial charge on any atom is -0.347 e. The molecule has 3 aromatic rings. The predicted molar refractivity (Wildman–Crippen MR) is 110 cm³/mol. The highest BCUT2D eigenvalue weighted by Gasteiger charge is 2.13. The molecule has 1 aromatic heterocycles. The monoisotopic (exact) mass is 372 g/mol. The van der Waals surface area contributed by atoms with Crippen LogP contribution >= 0.6 is 0 Å². The van der Waals surface area contributed by atoms with Gasteiger partial charge in [0.2, 0.25) is 0 Å². The van der Waals surface area contributed by atoms with E-state index in [0.717, 1.165) is 5.56 Å². The summed E-state index contributed by atoms with van der Waals surface area (Å²) in [6.45, 7) is 5.45. The summed E-state index contributed by atoms with van der Waals surface area (Å²) in [4.78, 5) is 33.0. The van der Waals surface area contributed by atoms with Gasteiger partial charge in [-0.2, -0.15) is 0 Å². The average Bonchev–Trinajstić information content (AvgIpc) is 2.72. The summed E-state index contributed by atoms with van der Waals surface area (Å²) in [6, 6.07) is 18.1. The van der Waals surface area contributed by atoms with E-state index < -0.39 is 0 Å². The van der Waals surface area contributed by atoms with Crippen molar-refractivity contribution in [2.24, 2.45) is 0 Å². The van der Waals surface area contributed by atoms with Gasteiger partial charge in [-0.25, -0.2) is 9.97 Å². The van der Waals surface area contributed by atoms with Crippen molar-refractivity contribution >= 4 is 23.2 Å². The van der Waals surface area contributed by atoms with Crippen molar-refractivity contribution in [2.75, 3.05) is 11.9 Å². The Hall–Kier alpha value is -3.80. The van der Waals surface area contributed by atoms with Crippen LogP contribution in [0.3, 0.4) is 0 Å². The lowest BCUT2D eigenvalue weighted by Crippen LogP contribution is -2.24. The Labute approximate surface area is 163 Å². The van der Waals surface area contributed by atoms with Crippen LogP contribution < -0.4 is 10.6 Å². The molecule has 2 N–H and O–H groups in total. The SMILES string of the molecule is C=CCNC(=O)c1cc(Nc2cccc(C(C)=O)c2)nc(-c2ccccc2)n1. The number of ketones is 1. The maximum absolute atomic E-state index is 12.4. The number of hydrogen-bond donors (Lipinski definition) is 2. The van der Waals surface area contributed by atoms with Crippen LogP contribution in [0.15, 0.2) is 73.3 Å². The Morgan fingerprint density at radius 2 is 1.82 bits per heavy atom. The number of nitrogens with zero attached hydrogens (tertiary/aromatic N) is 2. The molecule has 140 valence electrons. The van der Waals surface area contributed by atoms with Crippen LogP contribution in [0.5, 0.6) is 0 Å². The van der Waals surface area contributed by atoms with E-state index in [2.05, 4.69) is 27.2 Å². The summed E-state index contributed by atoms with van der Waals surface area (Å²) in [5.74, 6) is 0.538. The van der Waals surface area contributed by atoms with Gasteiger partial charge < -0.3 is 10.6 Å². The summed E-state index contributed by atoms with van der Waals surface area (Å²) in [5, 5.41) is 5.88. The minimum atomic E-state index is -0.319. The van der Waals surface area contributed by atoms with Gasteiger partial charge in [0.05, 0.1) is 0 Å². The highest BCUT2D eigenvalue weighted by Crippen LogP contribution is 2.21. The Morgan fingerprint density at radius 3 is 2.54 bits per heavy atom. The van der Waals surface area contributed by atoms with E-state index in [9.17, 15) is 9.59 Å². The first-order chi connectivity index (χ1) is 13.6. The summed E-state index contributed by atoms with van der Waals surface area (Å²) in [7, 11) is 0. The average molecular weight is 372 g/mol. The molecule has 0 aliphatic heterocycles. The van der Waals surface area contributed by atoms with E-state index in [0.29, 0.717) is 29.4 Å². The molecule has 6 heteroatoms. The van der Waals surface area contributed by atoms with Crippen molar-refractivity contribution in [1.82, 2.24) is 15.3 Å². The molecule has 3 rings (SSSR count). The van der Waals surface area contributed by atoms with E-state index >= 15 is 0 Å². The van der Waals surface area contributed by atoms with Gasteiger partial charge in [0, 0.05) is 29.4 Å². The molecule has 0 bridgehead atoms. The van der Waals surface area contributed by atoms with E-state index in [-0.39, 0.29) is 17.4 Å². The maximum atomic E-state index is 12.4. The Morgan fingerprint density at radius 1 is 1.04 bits per heavy atom. The molecule has 0 aliphatic rings. The largest absolute Gasteiger partial charge is 0.347 e. The molecule has 0 saturated carbocycles. The zero-order valence-corrected chi connectivity index (χ0v) is 15.5. The molecule has 0 fully saturated rings. The van der Waals surface area contributed by atoms with Crippen LogP contribution in [0.4, 0.5) is 11.5 Å². The number of carbonyl (C=O) groups is 2. The number of rotatable bonds is 7. The van der Waals surface area contributed by atoms with Gasteiger partial charge in [0.25, 0.3) is 5.91 Å². The number of benzene rings is 2. The molecule has 0 saturated heterocycles. The molecule has 1 amide bonds. The first-order valence-electron chi connectivity index (χ1n) is 8.78. The second-order valence-electron chi connectivity index (χ2n) is 6.09. The lowest BCUT2D eigenvalue weighted by molar-refractivity contribution is 0.0952. The third-order valence-corrected chi connectivity index (χ3v) is 3.94. The van der Waals surface area contributed by atoms with Crippen molar-refractivity contribution in [2.45, 2.75) is 6.92 Å². The maximum Gasteiger partial charge on any atom is 0.270 e. The molecule has 6 nitrogen and oxygen atoms in total. The number of amides is 1. The molecule has 1 heterocycles. The van der Waals surface area contributed by atoms with Crippen molar-refractivity contribution in [3.63, 3.8) is 0 Å². The molecule has 0 radical (unpaired) electrons. The van der Waals surface area contributed by atoms with E-state index in [4.69, 9.17) is 0 Å². The fraction of sp³-hybridized carbons (Fsp3) is 0.0909. The smallest absolute Gasteiger partial charge is 0.270 e. The molecule has 28 heavy (non-hydrogen) atoms. The predicted octanol–water partition coefficient (Wildman–Crippen LogP) is 4.01. The van der Waals surface area contributed by atoms with Gasteiger partial charge in [0.15, 0.2) is 11.6 Å². The van der Waals surface area contributed by atoms with Crippen molar-refractivity contribution in [1.29, 1.82) is 0 Å². The highest BCUT2D eigenvalue weighted by molar-refractivity contribution is 5.95. The van der Waals surface area contributed by atoms with Gasteiger partial charge in [0.1, 0.15) is 11.5 Å². The number of Topliss-reactive ketones (excluding diaryl/α,β-unsaturated/α-hetero) is 1. The number of aromatic nitrogens is 2. The van der Waals surface area contributed by atoms with Gasteiger partial charge in [-0.3, -0.25) is 9.59 Å². The van der Waals surface area contributed by atoms with Crippen molar-refractivity contribution in [3.05, 3.63) is 84.6 Å². The quantitative estimate of drug-likeness (QED) is 0.484. The first-order valence-corrected chi connectivity index (χ1v) is 8.78. The van der Waals surface area contributed by atoms with Crippen molar-refractivity contribution < 1.29 is 9.59 Å². The third kappa shape index (κ3) is 4.67. The van der Waals surface area contributed by atoms with E-state index in [1.807, 2.05) is 36.4 Å². The van der Waals surface area contributed by atoms with Crippen LogP contribution in [0.25, 0.3) is 11.4 Å². The van der Waals surface area contributed by atoms with Crippen LogP contribution in [-0.2, 0) is 0 Å². The van der Waals surface area contributed by atoms with Gasteiger partial charge >= 0.3 is 0 Å². The molecule has 0 atom stereocenters. The lowest BCUT2D eigenvalue weighted by Gasteiger charge is -2.11. The Balaban J connectivity index is 1.99. The van der Waals surface area contributed by atoms with Crippen LogP contribution in [-0.4, -0.2) is 28.2 Å². The number of hydrogen-bond acceptors (Lipinski definition) is 5. The lowest BCUT2D eigenvalue weighted by atomic mass is 10.1. The van der Waals surface area contributed by atoms with E-state index in [1.165, 1.54) is 6.92 Å². The molecule has 2 aromatic carbocycles. The number of anilines is 2. The van der Waals surface area contributed by atoms with Gasteiger partial charge in [-0.05, 0) is 19.1 Å². The van der Waals surface area contributed by atoms with Crippen LogP contribution in [0.1, 0.15) is 27.8 Å². The van der Waals surface area contributed by atoms with Crippen LogP contribution in [0.2, 0.25) is 0 Å².